The summed E-state index contributed by atoms with van der Waals surface area (Å²) >= 11 is 0. The molecule has 0 bridgehead atoms. The lowest BCUT2D eigenvalue weighted by atomic mass is 10.1. The van der Waals surface area contributed by atoms with Crippen molar-refractivity contribution in [3.8, 4) is 12.3 Å². The normalized spacial score (nSPS) is 11.8. The summed E-state index contributed by atoms with van der Waals surface area (Å²) in [5.74, 6) is 2.46. The Morgan fingerprint density at radius 3 is 3.00 bits per heavy atom. The summed E-state index contributed by atoms with van der Waals surface area (Å²) in [5, 5.41) is 3.72. The maximum atomic E-state index is 12.3. The highest BCUT2D eigenvalue weighted by molar-refractivity contribution is 6.06. The Balaban J connectivity index is 2.29. The van der Waals surface area contributed by atoms with Crippen LogP contribution >= 0.6 is 0 Å². The van der Waals surface area contributed by atoms with Crippen molar-refractivity contribution in [1.29, 1.82) is 0 Å². The molecule has 0 spiro atoms. The number of carbonyl (C=O) groups is 1. The molecule has 1 heterocycles. The van der Waals surface area contributed by atoms with E-state index in [0.29, 0.717) is 5.56 Å². The van der Waals surface area contributed by atoms with Crippen molar-refractivity contribution in [2.75, 3.05) is 0 Å². The molecular weight excluding hydrogens is 236 g/mol. The van der Waals surface area contributed by atoms with Crippen molar-refractivity contribution in [2.24, 2.45) is 0 Å². The number of rotatable bonds is 4. The first-order chi connectivity index (χ1) is 9.26. The van der Waals surface area contributed by atoms with E-state index in [2.05, 4.69) is 16.2 Å². The average Bonchev–Trinajstić information content (AvgIpc) is 2.46. The fraction of sp³-hybridized carbons (Fsp3) is 0.250. The number of aromatic nitrogens is 1. The van der Waals surface area contributed by atoms with E-state index in [4.69, 9.17) is 6.42 Å². The molecule has 1 unspecified atom stereocenters. The topological polar surface area (TPSA) is 42.0 Å². The second-order valence-electron chi connectivity index (χ2n) is 4.36. The summed E-state index contributed by atoms with van der Waals surface area (Å²) in [7, 11) is 0. The van der Waals surface area contributed by atoms with Gasteiger partial charge in [-0.25, -0.2) is 0 Å². The molecule has 0 fully saturated rings. The van der Waals surface area contributed by atoms with Gasteiger partial charge in [0.2, 0.25) is 0 Å². The molecule has 96 valence electrons. The van der Waals surface area contributed by atoms with Gasteiger partial charge in [-0.05, 0) is 24.6 Å². The van der Waals surface area contributed by atoms with E-state index >= 15 is 0 Å². The summed E-state index contributed by atoms with van der Waals surface area (Å²) in [5.41, 5.74) is 1.42. The smallest absolute Gasteiger partial charge is 0.252 e. The van der Waals surface area contributed by atoms with Crippen molar-refractivity contribution in [3.63, 3.8) is 0 Å². The number of pyridine rings is 1. The van der Waals surface area contributed by atoms with Crippen molar-refractivity contribution in [3.05, 3.63) is 42.1 Å². The quantitative estimate of drug-likeness (QED) is 0.850. The largest absolute Gasteiger partial charge is 0.338 e. The summed E-state index contributed by atoms with van der Waals surface area (Å²) in [6.45, 7) is 2.04. The third-order valence-corrected chi connectivity index (χ3v) is 2.97. The van der Waals surface area contributed by atoms with Crippen molar-refractivity contribution in [2.45, 2.75) is 25.8 Å². The monoisotopic (exact) mass is 252 g/mol. The Morgan fingerprint density at radius 1 is 1.42 bits per heavy atom. The predicted molar refractivity (Wildman–Crippen MR) is 76.7 cm³/mol. The van der Waals surface area contributed by atoms with E-state index in [1.807, 2.05) is 31.2 Å². The lowest BCUT2D eigenvalue weighted by molar-refractivity contribution is 0.0946. The first-order valence-corrected chi connectivity index (χ1v) is 6.37. The molecule has 2 rings (SSSR count). The van der Waals surface area contributed by atoms with Crippen LogP contribution in [-0.4, -0.2) is 16.9 Å². The highest BCUT2D eigenvalue weighted by Gasteiger charge is 2.13. The molecular formula is C16H16N2O. The SMILES string of the molecule is C#CC(CCC)NC(=O)c1cccc2ncccc12. The number of nitrogens with one attached hydrogen (secondary N) is 1. The molecule has 0 aliphatic heterocycles. The number of fused-ring (bicyclic) bond motifs is 1. The molecule has 1 aromatic heterocycles. The molecule has 0 aliphatic carbocycles. The zero-order chi connectivity index (χ0) is 13.7. The Kier molecular flexibility index (Phi) is 4.15. The van der Waals surface area contributed by atoms with Crippen molar-refractivity contribution in [1.82, 2.24) is 10.3 Å². The van der Waals surface area contributed by atoms with Gasteiger partial charge in [0.15, 0.2) is 0 Å². The van der Waals surface area contributed by atoms with Crippen LogP contribution in [0.2, 0.25) is 0 Å². The molecule has 0 radical (unpaired) electrons. The standard InChI is InChI=1S/C16H16N2O/c1-3-7-12(4-2)18-16(19)14-8-5-10-15-13(14)9-6-11-17-15/h2,5-6,8-12H,3,7H2,1H3,(H,18,19). The molecule has 0 saturated heterocycles. The van der Waals surface area contributed by atoms with Crippen LogP contribution < -0.4 is 5.32 Å². The molecule has 0 saturated carbocycles. The Hall–Kier alpha value is -2.34. The van der Waals surface area contributed by atoms with E-state index < -0.39 is 0 Å². The molecule has 1 amide bonds. The molecule has 3 nitrogen and oxygen atoms in total. The molecule has 1 N–H and O–H groups in total. The molecule has 1 atom stereocenters. The maximum Gasteiger partial charge on any atom is 0.252 e. The summed E-state index contributed by atoms with van der Waals surface area (Å²) in [6.07, 6.45) is 8.85. The number of amides is 1. The fourth-order valence-electron chi connectivity index (χ4n) is 2.02. The van der Waals surface area contributed by atoms with Gasteiger partial charge in [-0.2, -0.15) is 0 Å². The zero-order valence-electron chi connectivity index (χ0n) is 10.9. The number of nitrogens with zero attached hydrogens (tertiary/aromatic N) is 1. The highest BCUT2D eigenvalue weighted by Crippen LogP contribution is 2.16. The number of hydrogen-bond donors (Lipinski definition) is 1. The third kappa shape index (κ3) is 2.92. The van der Waals surface area contributed by atoms with Crippen LogP contribution in [0.1, 0.15) is 30.1 Å². The number of benzene rings is 1. The average molecular weight is 252 g/mol. The third-order valence-electron chi connectivity index (χ3n) is 2.97. The molecule has 3 heteroatoms. The molecule has 1 aromatic carbocycles. The van der Waals surface area contributed by atoms with Gasteiger partial charge in [0.1, 0.15) is 0 Å². The molecule has 0 aliphatic rings. The van der Waals surface area contributed by atoms with Crippen LogP contribution in [0.4, 0.5) is 0 Å². The minimum Gasteiger partial charge on any atom is -0.338 e. The summed E-state index contributed by atoms with van der Waals surface area (Å²) in [4.78, 5) is 16.5. The van der Waals surface area contributed by atoms with Gasteiger partial charge >= 0.3 is 0 Å². The van der Waals surface area contributed by atoms with E-state index in [-0.39, 0.29) is 11.9 Å². The Morgan fingerprint density at radius 2 is 2.26 bits per heavy atom. The molecule has 19 heavy (non-hydrogen) atoms. The number of hydrogen-bond acceptors (Lipinski definition) is 2. The van der Waals surface area contributed by atoms with Gasteiger partial charge < -0.3 is 5.32 Å². The van der Waals surface area contributed by atoms with Crippen molar-refractivity contribution < 1.29 is 4.79 Å². The summed E-state index contributed by atoms with van der Waals surface area (Å²) < 4.78 is 0. The minimum atomic E-state index is -0.218. The van der Waals surface area contributed by atoms with Crippen LogP contribution in [0, 0.1) is 12.3 Å². The lowest BCUT2D eigenvalue weighted by Crippen LogP contribution is -2.33. The first kappa shape index (κ1) is 13.1. The van der Waals surface area contributed by atoms with Crippen LogP contribution in [0.25, 0.3) is 10.9 Å². The van der Waals surface area contributed by atoms with Gasteiger partial charge in [0, 0.05) is 17.1 Å². The van der Waals surface area contributed by atoms with Crippen molar-refractivity contribution >= 4 is 16.8 Å². The first-order valence-electron chi connectivity index (χ1n) is 6.37. The minimum absolute atomic E-state index is 0.144. The van der Waals surface area contributed by atoms with Crippen LogP contribution in [0.5, 0.6) is 0 Å². The Labute approximate surface area is 113 Å². The highest BCUT2D eigenvalue weighted by atomic mass is 16.1. The number of terminal acetylenes is 1. The maximum absolute atomic E-state index is 12.3. The summed E-state index contributed by atoms with van der Waals surface area (Å²) in [6, 6.07) is 9.00. The van der Waals surface area contributed by atoms with E-state index in [1.54, 1.807) is 12.3 Å². The van der Waals surface area contributed by atoms with Gasteiger partial charge in [0.25, 0.3) is 5.91 Å². The van der Waals surface area contributed by atoms with Crippen LogP contribution in [0.3, 0.4) is 0 Å². The Bertz CT molecular complexity index is 623. The second-order valence-corrected chi connectivity index (χ2v) is 4.36. The second kappa shape index (κ2) is 6.01. The van der Waals surface area contributed by atoms with Gasteiger partial charge in [-0.3, -0.25) is 9.78 Å². The van der Waals surface area contributed by atoms with E-state index in [0.717, 1.165) is 23.7 Å². The number of carbonyl (C=O) groups excluding carboxylic acids is 1. The van der Waals surface area contributed by atoms with Crippen LogP contribution in [0.15, 0.2) is 36.5 Å². The predicted octanol–water partition coefficient (Wildman–Crippen LogP) is 2.77. The lowest BCUT2D eigenvalue weighted by Gasteiger charge is -2.13. The van der Waals surface area contributed by atoms with Gasteiger partial charge in [-0.15, -0.1) is 6.42 Å². The molecule has 2 aromatic rings. The van der Waals surface area contributed by atoms with E-state index in [9.17, 15) is 4.79 Å². The van der Waals surface area contributed by atoms with Gasteiger partial charge in [0.05, 0.1) is 11.6 Å². The zero-order valence-corrected chi connectivity index (χ0v) is 10.9. The van der Waals surface area contributed by atoms with Crippen LogP contribution in [-0.2, 0) is 0 Å². The fourth-order valence-corrected chi connectivity index (χ4v) is 2.02. The van der Waals surface area contributed by atoms with E-state index in [1.165, 1.54) is 0 Å². The van der Waals surface area contributed by atoms with Gasteiger partial charge in [-0.1, -0.05) is 31.4 Å².